The maximum atomic E-state index is 12.7. The van der Waals surface area contributed by atoms with Crippen LogP contribution in [0.3, 0.4) is 0 Å². The Kier molecular flexibility index (Phi) is 3.43. The van der Waals surface area contributed by atoms with Gasteiger partial charge in [-0.1, -0.05) is 60.7 Å². The van der Waals surface area contributed by atoms with Gasteiger partial charge in [0, 0.05) is 5.56 Å². The van der Waals surface area contributed by atoms with Crippen LogP contribution >= 0.6 is 0 Å². The zero-order chi connectivity index (χ0) is 16.5. The van der Waals surface area contributed by atoms with Gasteiger partial charge in [-0.15, -0.1) is 0 Å². The minimum atomic E-state index is -0.0639. The fraction of sp³-hybridized carbons (Fsp3) is 0.0500. The summed E-state index contributed by atoms with van der Waals surface area (Å²) in [5.74, 6) is 1.13. The number of aromatic nitrogens is 2. The van der Waals surface area contributed by atoms with Gasteiger partial charge in [-0.05, 0) is 18.6 Å². The summed E-state index contributed by atoms with van der Waals surface area (Å²) in [6.45, 7) is 1.85. The van der Waals surface area contributed by atoms with Crippen LogP contribution in [0, 0.1) is 6.92 Å². The number of Topliss-reactive ketones (excluding diaryl/α,β-unsaturated/α-hetero) is 1. The van der Waals surface area contributed by atoms with Crippen LogP contribution in [0.4, 0.5) is 5.82 Å². The molecule has 0 fully saturated rings. The quantitative estimate of drug-likeness (QED) is 0.724. The number of nitrogens with one attached hydrogen (secondary N) is 1. The third-order valence-electron chi connectivity index (χ3n) is 3.96. The predicted molar refractivity (Wildman–Crippen MR) is 94.6 cm³/mol. The van der Waals surface area contributed by atoms with E-state index < -0.39 is 0 Å². The highest BCUT2D eigenvalue weighted by Crippen LogP contribution is 2.31. The summed E-state index contributed by atoms with van der Waals surface area (Å²) in [4.78, 5) is 21.7. The normalized spacial score (nSPS) is 14.5. The Bertz CT molecular complexity index is 947. The van der Waals surface area contributed by atoms with Gasteiger partial charge < -0.3 is 5.32 Å². The smallest absolute Gasteiger partial charge is 0.214 e. The topological polar surface area (TPSA) is 54.9 Å². The molecule has 0 atom stereocenters. The number of anilines is 1. The number of carbonyl (C=O) groups is 1. The number of allylic oxidation sites excluding steroid dienone is 1. The summed E-state index contributed by atoms with van der Waals surface area (Å²) in [6, 6.07) is 19.5. The fourth-order valence-corrected chi connectivity index (χ4v) is 2.79. The molecule has 0 aliphatic carbocycles. The molecule has 3 aromatic rings. The van der Waals surface area contributed by atoms with Crippen LogP contribution in [0.2, 0.25) is 0 Å². The van der Waals surface area contributed by atoms with Crippen LogP contribution < -0.4 is 5.32 Å². The van der Waals surface area contributed by atoms with Crippen LogP contribution in [-0.4, -0.2) is 15.8 Å². The molecule has 0 amide bonds. The Hall–Kier alpha value is -3.27. The molecule has 0 radical (unpaired) electrons. The molecular formula is C20H15N3O. The first kappa shape index (κ1) is 14.3. The maximum absolute atomic E-state index is 12.7. The zero-order valence-electron chi connectivity index (χ0n) is 13.2. The standard InChI is InChI=1S/C20H15N3O/c1-13-17-18(24)16(12-14-8-4-2-5-9-14)22-20(17)23-19(21-13)15-10-6-3-7-11-15/h2-12H,1H3,(H,21,22,23)/b16-12+. The van der Waals surface area contributed by atoms with E-state index in [0.717, 1.165) is 11.1 Å². The Morgan fingerprint density at radius 2 is 1.58 bits per heavy atom. The molecule has 2 aromatic carbocycles. The number of rotatable bonds is 2. The Morgan fingerprint density at radius 3 is 2.29 bits per heavy atom. The second-order valence-electron chi connectivity index (χ2n) is 5.65. The van der Waals surface area contributed by atoms with Crippen molar-refractivity contribution in [1.29, 1.82) is 0 Å². The number of carbonyl (C=O) groups excluding carboxylic acids is 1. The van der Waals surface area contributed by atoms with Gasteiger partial charge in [0.25, 0.3) is 0 Å². The summed E-state index contributed by atoms with van der Waals surface area (Å²) < 4.78 is 0. The lowest BCUT2D eigenvalue weighted by atomic mass is 10.1. The van der Waals surface area contributed by atoms with Crippen LogP contribution in [0.25, 0.3) is 17.5 Å². The maximum Gasteiger partial charge on any atom is 0.214 e. The summed E-state index contributed by atoms with van der Waals surface area (Å²) >= 11 is 0. The zero-order valence-corrected chi connectivity index (χ0v) is 13.2. The minimum absolute atomic E-state index is 0.0639. The summed E-state index contributed by atoms with van der Waals surface area (Å²) in [5.41, 5.74) is 3.66. The number of ketones is 1. The van der Waals surface area contributed by atoms with E-state index in [1.165, 1.54) is 0 Å². The molecule has 1 aliphatic rings. The van der Waals surface area contributed by atoms with Gasteiger partial charge in [0.05, 0.1) is 17.0 Å². The van der Waals surface area contributed by atoms with Crippen molar-refractivity contribution in [2.24, 2.45) is 0 Å². The lowest BCUT2D eigenvalue weighted by Gasteiger charge is -2.05. The largest absolute Gasteiger partial charge is 0.336 e. The van der Waals surface area contributed by atoms with Crippen LogP contribution in [0.5, 0.6) is 0 Å². The number of fused-ring (bicyclic) bond motifs is 1. The molecule has 4 heteroatoms. The van der Waals surface area contributed by atoms with Crippen molar-refractivity contribution in [3.63, 3.8) is 0 Å². The van der Waals surface area contributed by atoms with Gasteiger partial charge in [0.1, 0.15) is 5.82 Å². The van der Waals surface area contributed by atoms with E-state index in [1.807, 2.05) is 73.7 Å². The molecule has 0 saturated carbocycles. The van der Waals surface area contributed by atoms with E-state index in [0.29, 0.717) is 28.6 Å². The fourth-order valence-electron chi connectivity index (χ4n) is 2.79. The van der Waals surface area contributed by atoms with Gasteiger partial charge in [-0.25, -0.2) is 9.97 Å². The van der Waals surface area contributed by atoms with Crippen LogP contribution in [0.1, 0.15) is 21.6 Å². The van der Waals surface area contributed by atoms with Gasteiger partial charge in [-0.3, -0.25) is 4.79 Å². The van der Waals surface area contributed by atoms with E-state index in [9.17, 15) is 4.79 Å². The van der Waals surface area contributed by atoms with Crippen molar-refractivity contribution in [3.05, 3.63) is 83.2 Å². The molecule has 0 bridgehead atoms. The molecule has 0 spiro atoms. The molecule has 1 aromatic heterocycles. The first-order valence-electron chi connectivity index (χ1n) is 7.75. The second-order valence-corrected chi connectivity index (χ2v) is 5.65. The number of hydrogen-bond donors (Lipinski definition) is 1. The summed E-state index contributed by atoms with van der Waals surface area (Å²) in [6.07, 6.45) is 1.84. The van der Waals surface area contributed by atoms with Crippen molar-refractivity contribution < 1.29 is 4.79 Å². The predicted octanol–water partition coefficient (Wildman–Crippen LogP) is 4.10. The molecule has 1 aliphatic heterocycles. The lowest BCUT2D eigenvalue weighted by Crippen LogP contribution is -2.02. The van der Waals surface area contributed by atoms with E-state index >= 15 is 0 Å². The first-order chi connectivity index (χ1) is 11.7. The van der Waals surface area contributed by atoms with Crippen LogP contribution in [-0.2, 0) is 0 Å². The highest BCUT2D eigenvalue weighted by molar-refractivity contribution is 6.20. The molecule has 0 unspecified atom stereocenters. The number of aryl methyl sites for hydroxylation is 1. The monoisotopic (exact) mass is 313 g/mol. The molecule has 1 N–H and O–H groups in total. The van der Waals surface area contributed by atoms with Crippen molar-refractivity contribution in [1.82, 2.24) is 9.97 Å². The Balaban J connectivity index is 1.76. The molecule has 4 nitrogen and oxygen atoms in total. The van der Waals surface area contributed by atoms with Gasteiger partial charge in [0.15, 0.2) is 5.82 Å². The van der Waals surface area contributed by atoms with Crippen LogP contribution in [0.15, 0.2) is 66.4 Å². The molecule has 0 saturated heterocycles. The molecule has 116 valence electrons. The highest BCUT2D eigenvalue weighted by atomic mass is 16.1. The van der Waals surface area contributed by atoms with E-state index in [1.54, 1.807) is 0 Å². The third kappa shape index (κ3) is 2.48. The first-order valence-corrected chi connectivity index (χ1v) is 7.75. The van der Waals surface area contributed by atoms with Gasteiger partial charge in [-0.2, -0.15) is 0 Å². The van der Waals surface area contributed by atoms with Crippen molar-refractivity contribution >= 4 is 17.7 Å². The average molecular weight is 313 g/mol. The lowest BCUT2D eigenvalue weighted by molar-refractivity contribution is 0.104. The summed E-state index contributed by atoms with van der Waals surface area (Å²) in [7, 11) is 0. The van der Waals surface area contributed by atoms with Crippen molar-refractivity contribution in [2.45, 2.75) is 6.92 Å². The van der Waals surface area contributed by atoms with E-state index in [-0.39, 0.29) is 5.78 Å². The molecule has 4 rings (SSSR count). The van der Waals surface area contributed by atoms with E-state index in [2.05, 4.69) is 15.3 Å². The highest BCUT2D eigenvalue weighted by Gasteiger charge is 2.29. The van der Waals surface area contributed by atoms with Crippen molar-refractivity contribution in [3.8, 4) is 11.4 Å². The molecule has 24 heavy (non-hydrogen) atoms. The Morgan fingerprint density at radius 1 is 0.917 bits per heavy atom. The molecular weight excluding hydrogens is 298 g/mol. The number of nitrogens with zero attached hydrogens (tertiary/aromatic N) is 2. The number of benzene rings is 2. The third-order valence-corrected chi connectivity index (χ3v) is 3.96. The Labute approximate surface area is 139 Å². The summed E-state index contributed by atoms with van der Waals surface area (Å²) in [5, 5.41) is 3.14. The van der Waals surface area contributed by atoms with Gasteiger partial charge in [0.2, 0.25) is 5.78 Å². The van der Waals surface area contributed by atoms with Gasteiger partial charge >= 0.3 is 0 Å². The van der Waals surface area contributed by atoms with E-state index in [4.69, 9.17) is 0 Å². The van der Waals surface area contributed by atoms with Crippen molar-refractivity contribution in [2.75, 3.05) is 5.32 Å². The second kappa shape index (κ2) is 5.74. The minimum Gasteiger partial charge on any atom is -0.336 e. The number of hydrogen-bond acceptors (Lipinski definition) is 4. The SMILES string of the molecule is Cc1nc(-c2ccccc2)nc2c1C(=O)/C(=C\c1ccccc1)N2. The molecule has 2 heterocycles. The average Bonchev–Trinajstić information content (AvgIpc) is 2.93.